The third kappa shape index (κ3) is 4.87. The van der Waals surface area contributed by atoms with Crippen LogP contribution in [0.5, 0.6) is 0 Å². The Morgan fingerprint density at radius 1 is 1.12 bits per heavy atom. The summed E-state index contributed by atoms with van der Waals surface area (Å²) in [6, 6.07) is 8.91. The van der Waals surface area contributed by atoms with Gasteiger partial charge >= 0.3 is 5.97 Å². The number of ether oxygens (including phenoxy) is 1. The van der Waals surface area contributed by atoms with Gasteiger partial charge in [-0.25, -0.2) is 4.79 Å². The molecule has 0 atom stereocenters. The second-order valence-electron chi connectivity index (χ2n) is 5.13. The molecule has 0 spiro atoms. The van der Waals surface area contributed by atoms with Gasteiger partial charge in [0.15, 0.2) is 6.61 Å². The minimum atomic E-state index is -0.822. The van der Waals surface area contributed by atoms with E-state index in [1.807, 2.05) is 0 Å². The number of anilines is 2. The molecule has 0 bridgehead atoms. The van der Waals surface area contributed by atoms with E-state index in [-0.39, 0.29) is 27.2 Å². The predicted molar refractivity (Wildman–Crippen MR) is 99.6 cm³/mol. The Hall–Kier alpha value is -2.77. The number of benzene rings is 2. The van der Waals surface area contributed by atoms with Crippen LogP contribution >= 0.6 is 23.2 Å². The number of nitrogens with two attached hydrogens (primary N) is 1. The van der Waals surface area contributed by atoms with Crippen LogP contribution in [0, 0.1) is 0 Å². The molecular formula is C17H15Cl2N3O4. The molecule has 0 aliphatic rings. The van der Waals surface area contributed by atoms with Gasteiger partial charge in [-0.15, -0.1) is 0 Å². The first-order valence-corrected chi connectivity index (χ1v) is 8.11. The summed E-state index contributed by atoms with van der Waals surface area (Å²) in [6.07, 6.45) is 0. The molecule has 0 saturated carbocycles. The maximum absolute atomic E-state index is 12.0. The third-order valence-electron chi connectivity index (χ3n) is 3.31. The number of amides is 2. The lowest BCUT2D eigenvalue weighted by Crippen LogP contribution is -2.21. The van der Waals surface area contributed by atoms with Gasteiger partial charge in [0, 0.05) is 23.3 Å². The lowest BCUT2D eigenvalue weighted by atomic mass is 10.2. The molecule has 2 rings (SSSR count). The Balaban J connectivity index is 1.94. The van der Waals surface area contributed by atoms with E-state index in [2.05, 4.69) is 10.6 Å². The molecule has 0 aromatic heterocycles. The van der Waals surface area contributed by atoms with E-state index in [0.29, 0.717) is 11.3 Å². The topological polar surface area (TPSA) is 111 Å². The van der Waals surface area contributed by atoms with Crippen LogP contribution in [0.4, 0.5) is 11.4 Å². The SMILES string of the molecule is CNC(=O)c1ccc(NC(=O)COC(=O)c2cc(Cl)cc(Cl)c2N)cc1. The molecule has 9 heteroatoms. The van der Waals surface area contributed by atoms with Crippen molar-refractivity contribution >= 4 is 52.4 Å². The van der Waals surface area contributed by atoms with Crippen LogP contribution in [0.2, 0.25) is 10.0 Å². The lowest BCUT2D eigenvalue weighted by Gasteiger charge is -2.09. The Morgan fingerprint density at radius 2 is 1.77 bits per heavy atom. The van der Waals surface area contributed by atoms with Crippen molar-refractivity contribution in [2.24, 2.45) is 0 Å². The van der Waals surface area contributed by atoms with Crippen molar-refractivity contribution in [3.05, 3.63) is 57.6 Å². The minimum absolute atomic E-state index is 0.0197. The summed E-state index contributed by atoms with van der Waals surface area (Å²) in [5, 5.41) is 5.36. The Morgan fingerprint density at radius 3 is 2.38 bits per heavy atom. The summed E-state index contributed by atoms with van der Waals surface area (Å²) in [5.41, 5.74) is 6.60. The van der Waals surface area contributed by atoms with Gasteiger partial charge in [0.05, 0.1) is 16.3 Å². The van der Waals surface area contributed by atoms with E-state index in [0.717, 1.165) is 0 Å². The number of halogens is 2. The molecule has 0 unspecified atom stereocenters. The lowest BCUT2D eigenvalue weighted by molar-refractivity contribution is -0.119. The first kappa shape index (κ1) is 19.6. The minimum Gasteiger partial charge on any atom is -0.452 e. The van der Waals surface area contributed by atoms with Crippen LogP contribution in [0.1, 0.15) is 20.7 Å². The smallest absolute Gasteiger partial charge is 0.340 e. The Bertz CT molecular complexity index is 854. The molecule has 0 heterocycles. The number of hydrogen-bond acceptors (Lipinski definition) is 5. The van der Waals surface area contributed by atoms with E-state index in [1.165, 1.54) is 19.2 Å². The van der Waals surface area contributed by atoms with Crippen LogP contribution in [-0.2, 0) is 9.53 Å². The van der Waals surface area contributed by atoms with Crippen LogP contribution in [-0.4, -0.2) is 31.4 Å². The number of rotatable bonds is 5. The molecule has 136 valence electrons. The van der Waals surface area contributed by atoms with E-state index in [1.54, 1.807) is 24.3 Å². The van der Waals surface area contributed by atoms with Gasteiger partial charge in [-0.3, -0.25) is 9.59 Å². The molecule has 0 saturated heterocycles. The number of carbonyl (C=O) groups is 3. The van der Waals surface area contributed by atoms with Gasteiger partial charge in [-0.1, -0.05) is 23.2 Å². The number of carbonyl (C=O) groups excluding carboxylic acids is 3. The number of esters is 1. The zero-order valence-electron chi connectivity index (χ0n) is 13.6. The standard InChI is InChI=1S/C17H15Cl2N3O4/c1-21-16(24)9-2-4-11(5-3-9)22-14(23)8-26-17(25)12-6-10(18)7-13(19)15(12)20/h2-7H,8,20H2,1H3,(H,21,24)(H,22,23). The fourth-order valence-corrected chi connectivity index (χ4v) is 2.50. The van der Waals surface area contributed by atoms with Gasteiger partial charge < -0.3 is 21.1 Å². The summed E-state index contributed by atoms with van der Waals surface area (Å²) in [7, 11) is 1.52. The summed E-state index contributed by atoms with van der Waals surface area (Å²) in [6.45, 7) is -0.528. The maximum Gasteiger partial charge on any atom is 0.340 e. The highest BCUT2D eigenvalue weighted by molar-refractivity contribution is 6.37. The Labute approximate surface area is 159 Å². The van der Waals surface area contributed by atoms with Gasteiger partial charge in [0.2, 0.25) is 0 Å². The zero-order valence-corrected chi connectivity index (χ0v) is 15.1. The number of nitrogen functional groups attached to an aromatic ring is 1. The molecule has 7 nitrogen and oxygen atoms in total. The molecule has 2 amide bonds. The van der Waals surface area contributed by atoms with Crippen molar-refractivity contribution in [3.63, 3.8) is 0 Å². The van der Waals surface area contributed by atoms with Gasteiger partial charge in [-0.05, 0) is 36.4 Å². The Kier molecular flexibility index (Phi) is 6.43. The summed E-state index contributed by atoms with van der Waals surface area (Å²) in [4.78, 5) is 35.4. The molecule has 4 N–H and O–H groups in total. The average Bonchev–Trinajstić information content (AvgIpc) is 2.62. The summed E-state index contributed by atoms with van der Waals surface area (Å²) in [5.74, 6) is -1.62. The van der Waals surface area contributed by atoms with Crippen molar-refractivity contribution < 1.29 is 19.1 Å². The second kappa shape index (κ2) is 8.55. The van der Waals surface area contributed by atoms with E-state index >= 15 is 0 Å². The first-order chi connectivity index (χ1) is 12.3. The van der Waals surface area contributed by atoms with Crippen molar-refractivity contribution in [1.29, 1.82) is 0 Å². The van der Waals surface area contributed by atoms with Gasteiger partial charge in [-0.2, -0.15) is 0 Å². The summed E-state index contributed by atoms with van der Waals surface area (Å²) >= 11 is 11.7. The van der Waals surface area contributed by atoms with Crippen LogP contribution in [0.15, 0.2) is 36.4 Å². The number of hydrogen-bond donors (Lipinski definition) is 3. The molecular weight excluding hydrogens is 381 g/mol. The predicted octanol–water partition coefficient (Wildman–Crippen LogP) is 2.73. The molecule has 26 heavy (non-hydrogen) atoms. The second-order valence-corrected chi connectivity index (χ2v) is 5.97. The highest BCUT2D eigenvalue weighted by Gasteiger charge is 2.16. The van der Waals surface area contributed by atoms with Gasteiger partial charge in [0.1, 0.15) is 0 Å². The first-order valence-electron chi connectivity index (χ1n) is 7.35. The van der Waals surface area contributed by atoms with Crippen LogP contribution < -0.4 is 16.4 Å². The average molecular weight is 396 g/mol. The van der Waals surface area contributed by atoms with Crippen LogP contribution in [0.3, 0.4) is 0 Å². The largest absolute Gasteiger partial charge is 0.452 e. The summed E-state index contributed by atoms with van der Waals surface area (Å²) < 4.78 is 4.92. The van der Waals surface area contributed by atoms with Crippen molar-refractivity contribution in [3.8, 4) is 0 Å². The zero-order chi connectivity index (χ0) is 19.3. The van der Waals surface area contributed by atoms with Crippen molar-refractivity contribution in [2.45, 2.75) is 0 Å². The van der Waals surface area contributed by atoms with Gasteiger partial charge in [0.25, 0.3) is 11.8 Å². The molecule has 2 aromatic carbocycles. The molecule has 0 radical (unpaired) electrons. The molecule has 0 aliphatic carbocycles. The monoisotopic (exact) mass is 395 g/mol. The molecule has 0 aliphatic heterocycles. The van der Waals surface area contributed by atoms with E-state index < -0.39 is 18.5 Å². The van der Waals surface area contributed by atoms with Crippen molar-refractivity contribution in [2.75, 3.05) is 24.7 Å². The fourth-order valence-electron chi connectivity index (χ4n) is 2.01. The van der Waals surface area contributed by atoms with Crippen LogP contribution in [0.25, 0.3) is 0 Å². The molecule has 2 aromatic rings. The highest BCUT2D eigenvalue weighted by atomic mass is 35.5. The van der Waals surface area contributed by atoms with E-state index in [4.69, 9.17) is 33.7 Å². The van der Waals surface area contributed by atoms with Crippen molar-refractivity contribution in [1.82, 2.24) is 5.32 Å². The van der Waals surface area contributed by atoms with E-state index in [9.17, 15) is 14.4 Å². The normalized spacial score (nSPS) is 10.1. The number of nitrogens with one attached hydrogen (secondary N) is 2. The maximum atomic E-state index is 12.0. The quantitative estimate of drug-likeness (QED) is 0.532. The fraction of sp³-hybridized carbons (Fsp3) is 0.118. The highest BCUT2D eigenvalue weighted by Crippen LogP contribution is 2.28. The third-order valence-corrected chi connectivity index (χ3v) is 3.84. The molecule has 0 fully saturated rings.